The number of ether oxygens (including phenoxy) is 1. The van der Waals surface area contributed by atoms with Gasteiger partial charge in [-0.05, 0) is 30.0 Å². The van der Waals surface area contributed by atoms with Gasteiger partial charge < -0.3 is 25.4 Å². The number of carbonyl (C=O) groups is 2. The quantitative estimate of drug-likeness (QED) is 0.558. The molecule has 1 aliphatic carbocycles. The lowest BCUT2D eigenvalue weighted by Gasteiger charge is -2.31. The normalized spacial score (nSPS) is 17.5. The van der Waals surface area contributed by atoms with E-state index in [9.17, 15) is 14.7 Å². The lowest BCUT2D eigenvalue weighted by molar-refractivity contribution is -0.130. The van der Waals surface area contributed by atoms with Gasteiger partial charge in [0.05, 0.1) is 17.9 Å². The van der Waals surface area contributed by atoms with Crippen LogP contribution in [-0.2, 0) is 17.6 Å². The number of fused-ring (bicyclic) bond motifs is 1. The van der Waals surface area contributed by atoms with Crippen LogP contribution in [0.4, 0.5) is 0 Å². The number of pyridine rings is 1. The number of benzene rings is 1. The van der Waals surface area contributed by atoms with Gasteiger partial charge in [0.2, 0.25) is 5.91 Å². The molecule has 1 aliphatic heterocycles. The van der Waals surface area contributed by atoms with Crippen LogP contribution in [0.25, 0.3) is 0 Å². The van der Waals surface area contributed by atoms with E-state index in [0.717, 1.165) is 25.7 Å². The Labute approximate surface area is 194 Å². The smallest absolute Gasteiger partial charge is 0.253 e. The van der Waals surface area contributed by atoms with Crippen molar-refractivity contribution >= 4 is 11.8 Å². The molecule has 2 aromatic rings. The number of carbonyl (C=O) groups excluding carboxylic acids is 2. The Balaban J connectivity index is 1.19. The van der Waals surface area contributed by atoms with E-state index in [4.69, 9.17) is 4.74 Å². The molecule has 1 saturated heterocycles. The van der Waals surface area contributed by atoms with Crippen LogP contribution in [0.3, 0.4) is 0 Å². The predicted octanol–water partition coefficient (Wildman–Crippen LogP) is 1.32. The van der Waals surface area contributed by atoms with Gasteiger partial charge in [0.1, 0.15) is 11.9 Å². The average Bonchev–Trinajstić information content (AvgIpc) is 3.25. The molecule has 8 heteroatoms. The number of nitrogens with zero attached hydrogens (tertiary/aromatic N) is 2. The minimum Gasteiger partial charge on any atom is -0.489 e. The van der Waals surface area contributed by atoms with E-state index in [1.54, 1.807) is 19.2 Å². The summed E-state index contributed by atoms with van der Waals surface area (Å²) in [6.45, 7) is 3.49. The fraction of sp³-hybridized carbons (Fsp3) is 0.480. The SMILES string of the molecule is CC(=O)N1CCC(Oc2cncc(C(=O)NCC(O)CNC3Cc4ccccc4C3)c2)CC1. The number of amides is 2. The molecular formula is C25H32N4O4. The van der Waals surface area contributed by atoms with Gasteiger partial charge in [0, 0.05) is 58.2 Å². The number of likely N-dealkylation sites (tertiary alicyclic amines) is 1. The summed E-state index contributed by atoms with van der Waals surface area (Å²) < 4.78 is 5.98. The second-order valence-electron chi connectivity index (χ2n) is 8.88. The number of hydrogen-bond donors (Lipinski definition) is 3. The molecular weight excluding hydrogens is 420 g/mol. The van der Waals surface area contributed by atoms with Gasteiger partial charge >= 0.3 is 0 Å². The number of rotatable bonds is 8. The van der Waals surface area contributed by atoms with Crippen LogP contribution in [-0.4, -0.2) is 71.2 Å². The van der Waals surface area contributed by atoms with Crippen LogP contribution in [0.15, 0.2) is 42.7 Å². The molecule has 0 saturated carbocycles. The first kappa shape index (κ1) is 23.2. The molecule has 1 fully saturated rings. The second kappa shape index (κ2) is 10.8. The van der Waals surface area contributed by atoms with Crippen molar-refractivity contribution in [1.82, 2.24) is 20.5 Å². The maximum atomic E-state index is 12.5. The Hall–Kier alpha value is -2.97. The number of aliphatic hydroxyl groups is 1. The van der Waals surface area contributed by atoms with E-state index in [1.807, 2.05) is 4.90 Å². The van der Waals surface area contributed by atoms with Crippen molar-refractivity contribution in [2.45, 2.75) is 50.9 Å². The highest BCUT2D eigenvalue weighted by Gasteiger charge is 2.23. The third kappa shape index (κ3) is 6.30. The van der Waals surface area contributed by atoms with E-state index in [-0.39, 0.29) is 24.5 Å². The summed E-state index contributed by atoms with van der Waals surface area (Å²) in [7, 11) is 0. The van der Waals surface area contributed by atoms with Crippen molar-refractivity contribution in [1.29, 1.82) is 0 Å². The number of nitrogens with one attached hydrogen (secondary N) is 2. The lowest BCUT2D eigenvalue weighted by Crippen LogP contribution is -2.42. The average molecular weight is 453 g/mol. The van der Waals surface area contributed by atoms with Gasteiger partial charge in [-0.2, -0.15) is 0 Å². The Kier molecular flexibility index (Phi) is 7.57. The van der Waals surface area contributed by atoms with E-state index in [0.29, 0.717) is 37.0 Å². The summed E-state index contributed by atoms with van der Waals surface area (Å²) in [5.41, 5.74) is 3.11. The molecule has 1 aromatic heterocycles. The van der Waals surface area contributed by atoms with Gasteiger partial charge in [-0.25, -0.2) is 0 Å². The highest BCUT2D eigenvalue weighted by atomic mass is 16.5. The molecule has 0 radical (unpaired) electrons. The molecule has 0 spiro atoms. The van der Waals surface area contributed by atoms with Crippen LogP contribution in [0.2, 0.25) is 0 Å². The fourth-order valence-electron chi connectivity index (χ4n) is 4.48. The lowest BCUT2D eigenvalue weighted by atomic mass is 10.1. The number of piperidine rings is 1. The van der Waals surface area contributed by atoms with Gasteiger partial charge in [-0.15, -0.1) is 0 Å². The first-order chi connectivity index (χ1) is 16.0. The summed E-state index contributed by atoms with van der Waals surface area (Å²) >= 11 is 0. The fourth-order valence-corrected chi connectivity index (χ4v) is 4.48. The van der Waals surface area contributed by atoms with Crippen molar-refractivity contribution in [3.05, 3.63) is 59.4 Å². The van der Waals surface area contributed by atoms with Crippen molar-refractivity contribution in [3.63, 3.8) is 0 Å². The molecule has 2 aliphatic rings. The minimum absolute atomic E-state index is 0.00432. The van der Waals surface area contributed by atoms with E-state index < -0.39 is 6.10 Å². The highest BCUT2D eigenvalue weighted by molar-refractivity contribution is 5.94. The van der Waals surface area contributed by atoms with Crippen LogP contribution < -0.4 is 15.4 Å². The third-order valence-electron chi connectivity index (χ3n) is 6.36. The zero-order chi connectivity index (χ0) is 23.2. The van der Waals surface area contributed by atoms with Crippen LogP contribution >= 0.6 is 0 Å². The third-order valence-corrected chi connectivity index (χ3v) is 6.36. The van der Waals surface area contributed by atoms with Crippen LogP contribution in [0.1, 0.15) is 41.3 Å². The Bertz CT molecular complexity index is 949. The molecule has 4 rings (SSSR count). The first-order valence-electron chi connectivity index (χ1n) is 11.6. The summed E-state index contributed by atoms with van der Waals surface area (Å²) in [6.07, 6.45) is 5.81. The molecule has 176 valence electrons. The molecule has 2 heterocycles. The minimum atomic E-state index is -0.684. The topological polar surface area (TPSA) is 104 Å². The molecule has 3 N–H and O–H groups in total. The number of hydrogen-bond acceptors (Lipinski definition) is 6. The molecule has 2 amide bonds. The second-order valence-corrected chi connectivity index (χ2v) is 8.88. The molecule has 0 bridgehead atoms. The summed E-state index contributed by atoms with van der Waals surface area (Å²) in [6, 6.07) is 10.4. The Morgan fingerprint density at radius 1 is 1.15 bits per heavy atom. The van der Waals surface area contributed by atoms with Crippen molar-refractivity contribution < 1.29 is 19.4 Å². The monoisotopic (exact) mass is 452 g/mol. The standard InChI is InChI=1S/C25H32N4O4/c1-17(30)29-8-6-23(7-9-29)33-24-12-20(13-26-16-24)25(32)28-15-22(31)14-27-21-10-18-4-2-3-5-19(18)11-21/h2-5,12-13,16,21-23,27,31H,6-11,14-15H2,1H3,(H,28,32). The van der Waals surface area contributed by atoms with E-state index in [1.165, 1.54) is 17.3 Å². The largest absolute Gasteiger partial charge is 0.489 e. The maximum Gasteiger partial charge on any atom is 0.253 e. The van der Waals surface area contributed by atoms with Crippen molar-refractivity contribution in [2.75, 3.05) is 26.2 Å². The molecule has 1 atom stereocenters. The molecule has 8 nitrogen and oxygen atoms in total. The molecule has 1 aromatic carbocycles. The van der Waals surface area contributed by atoms with E-state index >= 15 is 0 Å². The Morgan fingerprint density at radius 3 is 2.52 bits per heavy atom. The number of aliphatic hydroxyl groups excluding tert-OH is 1. The van der Waals surface area contributed by atoms with Gasteiger partial charge in [-0.1, -0.05) is 24.3 Å². The van der Waals surface area contributed by atoms with Gasteiger partial charge in [0.15, 0.2) is 0 Å². The van der Waals surface area contributed by atoms with E-state index in [2.05, 4.69) is 39.9 Å². The van der Waals surface area contributed by atoms with Crippen LogP contribution in [0, 0.1) is 0 Å². The zero-order valence-electron chi connectivity index (χ0n) is 19.0. The molecule has 33 heavy (non-hydrogen) atoms. The van der Waals surface area contributed by atoms with Gasteiger partial charge in [-0.3, -0.25) is 14.6 Å². The Morgan fingerprint density at radius 2 is 1.85 bits per heavy atom. The summed E-state index contributed by atoms with van der Waals surface area (Å²) in [5.74, 6) is 0.318. The van der Waals surface area contributed by atoms with Gasteiger partial charge in [0.25, 0.3) is 5.91 Å². The molecule has 1 unspecified atom stereocenters. The summed E-state index contributed by atoms with van der Waals surface area (Å²) in [4.78, 5) is 29.9. The highest BCUT2D eigenvalue weighted by Crippen LogP contribution is 2.22. The maximum absolute atomic E-state index is 12.5. The summed E-state index contributed by atoms with van der Waals surface area (Å²) in [5, 5.41) is 16.5. The predicted molar refractivity (Wildman–Crippen MR) is 124 cm³/mol. The number of aromatic nitrogens is 1. The first-order valence-corrected chi connectivity index (χ1v) is 11.6. The van der Waals surface area contributed by atoms with Crippen molar-refractivity contribution in [2.24, 2.45) is 0 Å². The zero-order valence-corrected chi connectivity index (χ0v) is 19.0. The van der Waals surface area contributed by atoms with Crippen molar-refractivity contribution in [3.8, 4) is 5.75 Å². The van der Waals surface area contributed by atoms with Crippen LogP contribution in [0.5, 0.6) is 5.75 Å².